The first-order chi connectivity index (χ1) is 18.1. The van der Waals surface area contributed by atoms with Gasteiger partial charge in [0, 0.05) is 17.7 Å². The molecule has 0 aliphatic rings. The number of carbonyl (C=O) groups is 1. The van der Waals surface area contributed by atoms with E-state index >= 15 is 0 Å². The van der Waals surface area contributed by atoms with Gasteiger partial charge in [-0.1, -0.05) is 79.7 Å². The lowest BCUT2D eigenvalue weighted by molar-refractivity contribution is -0.145. The molecule has 3 aromatic carbocycles. The Morgan fingerprint density at radius 2 is 1.62 bits per heavy atom. The van der Waals surface area contributed by atoms with Crippen molar-refractivity contribution in [3.8, 4) is 11.5 Å². The number of benzene rings is 3. The molecule has 1 atom stereocenters. The molecule has 0 bridgehead atoms. The molecule has 0 amide bonds. The van der Waals surface area contributed by atoms with E-state index in [1.165, 1.54) is 5.56 Å². The number of rotatable bonds is 13. The highest BCUT2D eigenvalue weighted by Gasteiger charge is 2.21. The van der Waals surface area contributed by atoms with Gasteiger partial charge in [0.1, 0.15) is 17.3 Å². The first kappa shape index (κ1) is 26.3. The number of ether oxygens (including phenoxy) is 2. The number of aliphatic carboxylic acids is 1. The van der Waals surface area contributed by atoms with Crippen LogP contribution in [-0.2, 0) is 23.5 Å². The van der Waals surface area contributed by atoms with Crippen molar-refractivity contribution in [3.63, 3.8) is 0 Å². The number of hydrogen-bond donors (Lipinski definition) is 1. The molecule has 7 nitrogen and oxygen atoms in total. The highest BCUT2D eigenvalue weighted by Crippen LogP contribution is 2.26. The van der Waals surface area contributed by atoms with Crippen molar-refractivity contribution in [2.45, 2.75) is 49.7 Å². The molecule has 1 unspecified atom stereocenters. The summed E-state index contributed by atoms with van der Waals surface area (Å²) in [5.74, 6) is 2.06. The topological polar surface area (TPSA) is 86.5 Å². The Kier molecular flexibility index (Phi) is 9.21. The van der Waals surface area contributed by atoms with Crippen molar-refractivity contribution in [2.75, 3.05) is 7.11 Å². The number of aryl methyl sites for hydroxylation is 1. The standard InChI is InChI=1S/C29H31N3O4S/c1-3-4-10-26-30-31-29(37-20-22-13-15-24(35-2)16-14-22)32(26)19-21-11-17-25(18-12-21)36-27(28(33)34)23-8-6-5-7-9-23/h5-9,11-18,27H,3-4,10,19-20H2,1-2H3,(H,33,34). The second kappa shape index (κ2) is 13.0. The van der Waals surface area contributed by atoms with Gasteiger partial charge < -0.3 is 19.1 Å². The highest BCUT2D eigenvalue weighted by atomic mass is 32.2. The molecule has 0 saturated carbocycles. The largest absolute Gasteiger partial charge is 0.497 e. The molecule has 1 aromatic heterocycles. The van der Waals surface area contributed by atoms with Crippen LogP contribution in [0.4, 0.5) is 0 Å². The van der Waals surface area contributed by atoms with Crippen LogP contribution in [0.25, 0.3) is 0 Å². The number of methoxy groups -OCH3 is 1. The van der Waals surface area contributed by atoms with Crippen LogP contribution in [-0.4, -0.2) is 33.0 Å². The fourth-order valence-corrected chi connectivity index (χ4v) is 4.77. The molecule has 0 fully saturated rings. The normalized spacial score (nSPS) is 11.7. The summed E-state index contributed by atoms with van der Waals surface area (Å²) in [6.45, 7) is 2.79. The fourth-order valence-electron chi connectivity index (χ4n) is 3.85. The van der Waals surface area contributed by atoms with E-state index < -0.39 is 12.1 Å². The second-order valence-electron chi connectivity index (χ2n) is 8.62. The first-order valence-electron chi connectivity index (χ1n) is 12.3. The van der Waals surface area contributed by atoms with Gasteiger partial charge in [-0.05, 0) is 41.8 Å². The van der Waals surface area contributed by atoms with E-state index in [0.717, 1.165) is 47.3 Å². The van der Waals surface area contributed by atoms with Gasteiger partial charge in [0.25, 0.3) is 0 Å². The van der Waals surface area contributed by atoms with Crippen LogP contribution < -0.4 is 9.47 Å². The molecule has 0 radical (unpaired) electrons. The third-order valence-electron chi connectivity index (χ3n) is 5.92. The van der Waals surface area contributed by atoms with E-state index in [2.05, 4.69) is 33.8 Å². The highest BCUT2D eigenvalue weighted by molar-refractivity contribution is 7.98. The molecule has 8 heteroatoms. The summed E-state index contributed by atoms with van der Waals surface area (Å²) in [6, 6.07) is 24.5. The van der Waals surface area contributed by atoms with E-state index in [-0.39, 0.29) is 0 Å². The van der Waals surface area contributed by atoms with Crippen LogP contribution in [0.5, 0.6) is 11.5 Å². The second-order valence-corrected chi connectivity index (χ2v) is 9.56. The first-order valence-corrected chi connectivity index (χ1v) is 13.3. The van der Waals surface area contributed by atoms with Crippen LogP contribution in [0.15, 0.2) is 84.0 Å². The Hall–Kier alpha value is -3.78. The van der Waals surface area contributed by atoms with E-state index in [1.807, 2.05) is 42.5 Å². The minimum absolute atomic E-state index is 0.504. The predicted octanol–water partition coefficient (Wildman–Crippen LogP) is 6.17. The zero-order valence-electron chi connectivity index (χ0n) is 21.0. The molecule has 0 saturated heterocycles. The van der Waals surface area contributed by atoms with Gasteiger partial charge in [-0.25, -0.2) is 4.79 Å². The van der Waals surface area contributed by atoms with Crippen LogP contribution >= 0.6 is 11.8 Å². The average molecular weight is 518 g/mol. The smallest absolute Gasteiger partial charge is 0.349 e. The van der Waals surface area contributed by atoms with Crippen molar-refractivity contribution in [1.82, 2.24) is 14.8 Å². The quantitative estimate of drug-likeness (QED) is 0.212. The Labute approximate surface area is 221 Å². The lowest BCUT2D eigenvalue weighted by Gasteiger charge is -2.16. The molecule has 0 aliphatic heterocycles. The Balaban J connectivity index is 1.47. The summed E-state index contributed by atoms with van der Waals surface area (Å²) in [7, 11) is 1.66. The van der Waals surface area contributed by atoms with E-state index in [9.17, 15) is 9.90 Å². The number of aromatic nitrogens is 3. The maximum atomic E-state index is 11.8. The van der Waals surface area contributed by atoms with Crippen LogP contribution in [0.3, 0.4) is 0 Å². The Morgan fingerprint density at radius 3 is 2.27 bits per heavy atom. The number of carboxylic acid groups (broad SMARTS) is 1. The Bertz CT molecular complexity index is 1280. The van der Waals surface area contributed by atoms with Crippen LogP contribution in [0.2, 0.25) is 0 Å². The summed E-state index contributed by atoms with van der Waals surface area (Å²) >= 11 is 1.66. The van der Waals surface area contributed by atoms with Crippen molar-refractivity contribution in [1.29, 1.82) is 0 Å². The number of nitrogens with zero attached hydrogens (tertiary/aromatic N) is 3. The minimum Gasteiger partial charge on any atom is -0.497 e. The zero-order chi connectivity index (χ0) is 26.0. The van der Waals surface area contributed by atoms with Crippen molar-refractivity contribution >= 4 is 17.7 Å². The lowest BCUT2D eigenvalue weighted by atomic mass is 10.1. The zero-order valence-corrected chi connectivity index (χ0v) is 21.9. The van der Waals surface area contributed by atoms with E-state index in [4.69, 9.17) is 9.47 Å². The monoisotopic (exact) mass is 517 g/mol. The maximum Gasteiger partial charge on any atom is 0.349 e. The maximum absolute atomic E-state index is 11.8. The number of hydrogen-bond acceptors (Lipinski definition) is 6. The minimum atomic E-state index is -1.06. The summed E-state index contributed by atoms with van der Waals surface area (Å²) < 4.78 is 13.2. The molecule has 0 aliphatic carbocycles. The summed E-state index contributed by atoms with van der Waals surface area (Å²) in [6.07, 6.45) is 1.93. The van der Waals surface area contributed by atoms with E-state index in [1.54, 1.807) is 43.1 Å². The third kappa shape index (κ3) is 7.13. The molecule has 1 N–H and O–H groups in total. The van der Waals surface area contributed by atoms with Gasteiger partial charge in [0.2, 0.25) is 6.10 Å². The molecule has 192 valence electrons. The van der Waals surface area contributed by atoms with E-state index in [0.29, 0.717) is 17.9 Å². The molecule has 0 spiro atoms. The fraction of sp³-hybridized carbons (Fsp3) is 0.276. The SMILES string of the molecule is CCCCc1nnc(SCc2ccc(OC)cc2)n1Cc1ccc(OC(C(=O)O)c2ccccc2)cc1. The van der Waals surface area contributed by atoms with Gasteiger partial charge in [-0.2, -0.15) is 0 Å². The Morgan fingerprint density at radius 1 is 0.946 bits per heavy atom. The average Bonchev–Trinajstić information content (AvgIpc) is 3.31. The van der Waals surface area contributed by atoms with Crippen LogP contribution in [0.1, 0.15) is 48.4 Å². The molecule has 1 heterocycles. The third-order valence-corrected chi connectivity index (χ3v) is 6.96. The summed E-state index contributed by atoms with van der Waals surface area (Å²) in [5.41, 5.74) is 2.84. The number of thioether (sulfide) groups is 1. The van der Waals surface area contributed by atoms with Gasteiger partial charge in [-0.15, -0.1) is 10.2 Å². The van der Waals surface area contributed by atoms with Crippen molar-refractivity contribution in [3.05, 3.63) is 101 Å². The van der Waals surface area contributed by atoms with Gasteiger partial charge in [-0.3, -0.25) is 0 Å². The number of carboxylic acids is 1. The summed E-state index contributed by atoms with van der Waals surface area (Å²) in [4.78, 5) is 11.8. The van der Waals surface area contributed by atoms with Crippen molar-refractivity contribution in [2.24, 2.45) is 0 Å². The summed E-state index contributed by atoms with van der Waals surface area (Å²) in [5, 5.41) is 19.5. The number of unbranched alkanes of at least 4 members (excludes halogenated alkanes) is 1. The van der Waals surface area contributed by atoms with Gasteiger partial charge >= 0.3 is 5.97 Å². The van der Waals surface area contributed by atoms with Crippen LogP contribution in [0, 0.1) is 0 Å². The molecular weight excluding hydrogens is 486 g/mol. The molecule has 37 heavy (non-hydrogen) atoms. The predicted molar refractivity (Wildman–Crippen MR) is 144 cm³/mol. The van der Waals surface area contributed by atoms with Gasteiger partial charge in [0.05, 0.1) is 13.7 Å². The van der Waals surface area contributed by atoms with Gasteiger partial charge in [0.15, 0.2) is 5.16 Å². The molecule has 4 aromatic rings. The molecular formula is C29H31N3O4S. The molecule has 4 rings (SSSR count). The van der Waals surface area contributed by atoms with Crippen molar-refractivity contribution < 1.29 is 19.4 Å². The lowest BCUT2D eigenvalue weighted by Crippen LogP contribution is -2.18.